The smallest absolute Gasteiger partial charge is 0.133 e. The van der Waals surface area contributed by atoms with Crippen molar-refractivity contribution in [1.82, 2.24) is 0 Å². The molecule has 2 heteroatoms. The highest BCUT2D eigenvalue weighted by molar-refractivity contribution is 5.80. The minimum absolute atomic E-state index is 0.282. The molecule has 0 saturated heterocycles. The van der Waals surface area contributed by atoms with E-state index in [0.29, 0.717) is 23.4 Å². The van der Waals surface area contributed by atoms with Crippen molar-refractivity contribution in [3.63, 3.8) is 0 Å². The lowest BCUT2D eigenvalue weighted by atomic mass is 9.49. The first-order chi connectivity index (χ1) is 11.5. The molecule has 0 bridgehead atoms. The van der Waals surface area contributed by atoms with E-state index in [4.69, 9.17) is 0 Å². The molecule has 0 N–H and O–H groups in total. The Kier molecular flexibility index (Phi) is 5.23. The molecule has 4 fully saturated rings. The van der Waals surface area contributed by atoms with Gasteiger partial charge in [-0.2, -0.15) is 0 Å². The van der Waals surface area contributed by atoms with Gasteiger partial charge in [0.2, 0.25) is 0 Å². The fourth-order valence-electron chi connectivity index (χ4n) is 7.33. The molecule has 0 radical (unpaired) electrons. The maximum absolute atomic E-state index is 12.1. The summed E-state index contributed by atoms with van der Waals surface area (Å²) in [4.78, 5) is 23.9. The van der Waals surface area contributed by atoms with Crippen LogP contribution in [0.2, 0.25) is 0 Å². The molecule has 136 valence electrons. The zero-order valence-electron chi connectivity index (χ0n) is 16.1. The number of carbonyl (C=O) groups is 2. The van der Waals surface area contributed by atoms with Gasteiger partial charge in [-0.15, -0.1) is 0 Å². The third-order valence-corrected chi connectivity index (χ3v) is 8.26. The van der Waals surface area contributed by atoms with Gasteiger partial charge < -0.3 is 0 Å². The van der Waals surface area contributed by atoms with Crippen LogP contribution in [0.1, 0.15) is 85.5 Å². The van der Waals surface area contributed by atoms with E-state index in [-0.39, 0.29) is 5.41 Å². The van der Waals surface area contributed by atoms with Crippen molar-refractivity contribution < 1.29 is 9.59 Å². The summed E-state index contributed by atoms with van der Waals surface area (Å²) in [6.07, 6.45) is 10.4. The van der Waals surface area contributed by atoms with Crippen LogP contribution >= 0.6 is 0 Å². The van der Waals surface area contributed by atoms with Gasteiger partial charge >= 0.3 is 0 Å². The van der Waals surface area contributed by atoms with Gasteiger partial charge in [-0.3, -0.25) is 9.59 Å². The Morgan fingerprint density at radius 3 is 2.42 bits per heavy atom. The Morgan fingerprint density at radius 2 is 1.71 bits per heavy atom. The van der Waals surface area contributed by atoms with Gasteiger partial charge in [-0.25, -0.2) is 0 Å². The third kappa shape index (κ3) is 2.78. The summed E-state index contributed by atoms with van der Waals surface area (Å²) in [5.74, 6) is 5.25. The van der Waals surface area contributed by atoms with E-state index in [2.05, 4.69) is 6.92 Å². The number of hydrogen-bond acceptors (Lipinski definition) is 2. The molecule has 0 aromatic rings. The molecule has 4 rings (SSSR count). The topological polar surface area (TPSA) is 34.1 Å². The minimum atomic E-state index is 0.282. The van der Waals surface area contributed by atoms with Crippen molar-refractivity contribution in [2.24, 2.45) is 40.9 Å². The van der Waals surface area contributed by atoms with E-state index in [9.17, 15) is 9.59 Å². The zero-order valence-corrected chi connectivity index (χ0v) is 16.1. The van der Waals surface area contributed by atoms with Crippen LogP contribution in [0.15, 0.2) is 0 Å². The van der Waals surface area contributed by atoms with Crippen LogP contribution in [0.4, 0.5) is 0 Å². The van der Waals surface area contributed by atoms with Crippen LogP contribution in [-0.4, -0.2) is 11.6 Å². The first-order valence-electron chi connectivity index (χ1n) is 10.5. The molecular formula is C22H36O2. The summed E-state index contributed by atoms with van der Waals surface area (Å²) in [6.45, 7) is 8.23. The monoisotopic (exact) mass is 332 g/mol. The normalized spacial score (nSPS) is 46.9. The van der Waals surface area contributed by atoms with Crippen LogP contribution in [0.3, 0.4) is 0 Å². The molecule has 0 aromatic carbocycles. The molecular weight excluding hydrogens is 296 g/mol. The summed E-state index contributed by atoms with van der Waals surface area (Å²) in [7, 11) is 0. The van der Waals surface area contributed by atoms with Crippen LogP contribution < -0.4 is 0 Å². The Labute approximate surface area is 148 Å². The summed E-state index contributed by atoms with van der Waals surface area (Å²) < 4.78 is 0. The maximum atomic E-state index is 12.1. The number of ketones is 2. The standard InChI is InChI=1S/C20H30O2.C2H6/c1-12(21)18-7-8-19-17-5-3-13-11-14(22)4-6-15(13)16(17)9-10-20(18,19)2;1-2/h13,15-19H,3-11H2,1-2H3;1-2H3/t13-,15?,16-,17-,18-,19+,20?;/m1./s1. The number of carbonyl (C=O) groups excluding carboxylic acids is 2. The van der Waals surface area contributed by atoms with Gasteiger partial charge in [0.1, 0.15) is 11.6 Å². The summed E-state index contributed by atoms with van der Waals surface area (Å²) >= 11 is 0. The highest BCUT2D eigenvalue weighted by Gasteiger charge is 2.57. The largest absolute Gasteiger partial charge is 0.300 e. The lowest BCUT2D eigenvalue weighted by Crippen LogP contribution is -2.49. The molecule has 7 atom stereocenters. The quantitative estimate of drug-likeness (QED) is 0.641. The molecule has 2 unspecified atom stereocenters. The second kappa shape index (κ2) is 6.92. The van der Waals surface area contributed by atoms with Crippen molar-refractivity contribution >= 4 is 11.6 Å². The Morgan fingerprint density at radius 1 is 0.958 bits per heavy atom. The third-order valence-electron chi connectivity index (χ3n) is 8.26. The predicted octanol–water partition coefficient (Wildman–Crippen LogP) is 5.44. The molecule has 0 amide bonds. The van der Waals surface area contributed by atoms with Gasteiger partial charge in [0, 0.05) is 18.8 Å². The molecule has 0 spiro atoms. The SMILES string of the molecule is CC.CC(=O)[C@H]1CC[C@H]2[C@@H]3CC[C@@H]4CC(=O)CCC4[C@H]3CCC12C. The molecule has 4 aliphatic carbocycles. The van der Waals surface area contributed by atoms with E-state index in [1.807, 2.05) is 20.8 Å². The van der Waals surface area contributed by atoms with E-state index >= 15 is 0 Å². The molecule has 0 aliphatic heterocycles. The minimum Gasteiger partial charge on any atom is -0.300 e. The molecule has 0 heterocycles. The lowest BCUT2D eigenvalue weighted by molar-refractivity contribution is -0.132. The summed E-state index contributed by atoms with van der Waals surface area (Å²) in [5, 5.41) is 0. The second-order valence-corrected chi connectivity index (χ2v) is 9.00. The first-order valence-corrected chi connectivity index (χ1v) is 10.5. The Hall–Kier alpha value is -0.660. The van der Waals surface area contributed by atoms with Crippen molar-refractivity contribution in [1.29, 1.82) is 0 Å². The molecule has 4 saturated carbocycles. The van der Waals surface area contributed by atoms with E-state index in [1.54, 1.807) is 0 Å². The number of rotatable bonds is 1. The Balaban J connectivity index is 0.000000815. The zero-order chi connectivity index (χ0) is 17.5. The van der Waals surface area contributed by atoms with Gasteiger partial charge in [-0.05, 0) is 86.9 Å². The fraction of sp³-hybridized carbons (Fsp3) is 0.909. The average Bonchev–Trinajstić information content (AvgIpc) is 2.93. The molecule has 2 nitrogen and oxygen atoms in total. The first kappa shape index (κ1) is 18.1. The molecule has 0 aromatic heterocycles. The van der Waals surface area contributed by atoms with Crippen LogP contribution in [0, 0.1) is 40.9 Å². The highest BCUT2D eigenvalue weighted by Crippen LogP contribution is 2.64. The van der Waals surface area contributed by atoms with Gasteiger partial charge in [-0.1, -0.05) is 20.8 Å². The van der Waals surface area contributed by atoms with E-state index in [1.165, 1.54) is 32.1 Å². The van der Waals surface area contributed by atoms with Gasteiger partial charge in [0.15, 0.2) is 0 Å². The molecule has 4 aliphatic rings. The van der Waals surface area contributed by atoms with E-state index in [0.717, 1.165) is 49.4 Å². The molecule has 24 heavy (non-hydrogen) atoms. The van der Waals surface area contributed by atoms with Crippen molar-refractivity contribution in [3.8, 4) is 0 Å². The van der Waals surface area contributed by atoms with Crippen molar-refractivity contribution in [2.75, 3.05) is 0 Å². The predicted molar refractivity (Wildman–Crippen MR) is 97.6 cm³/mol. The van der Waals surface area contributed by atoms with Gasteiger partial charge in [0.25, 0.3) is 0 Å². The maximum Gasteiger partial charge on any atom is 0.133 e. The lowest BCUT2D eigenvalue weighted by Gasteiger charge is -2.55. The van der Waals surface area contributed by atoms with Crippen LogP contribution in [0.25, 0.3) is 0 Å². The van der Waals surface area contributed by atoms with Gasteiger partial charge in [0.05, 0.1) is 0 Å². The summed E-state index contributed by atoms with van der Waals surface area (Å²) in [5.41, 5.74) is 0.282. The number of fused-ring (bicyclic) bond motifs is 5. The van der Waals surface area contributed by atoms with E-state index < -0.39 is 0 Å². The average molecular weight is 333 g/mol. The Bertz CT molecular complexity index is 496. The summed E-state index contributed by atoms with van der Waals surface area (Å²) in [6, 6.07) is 0. The number of Topliss-reactive ketones (excluding diaryl/α,β-unsaturated/α-hetero) is 2. The number of hydrogen-bond donors (Lipinski definition) is 0. The fourth-order valence-corrected chi connectivity index (χ4v) is 7.33. The highest BCUT2D eigenvalue weighted by atomic mass is 16.1. The van der Waals surface area contributed by atoms with Crippen molar-refractivity contribution in [2.45, 2.75) is 85.5 Å². The van der Waals surface area contributed by atoms with Crippen molar-refractivity contribution in [3.05, 3.63) is 0 Å². The second-order valence-electron chi connectivity index (χ2n) is 9.00. The van der Waals surface area contributed by atoms with Crippen LogP contribution in [-0.2, 0) is 9.59 Å². The van der Waals surface area contributed by atoms with Crippen LogP contribution in [0.5, 0.6) is 0 Å².